The number of unbranched alkanes of at least 4 members (excludes halogenated alkanes) is 1. The summed E-state index contributed by atoms with van der Waals surface area (Å²) < 4.78 is 13.0. The number of fused-ring (bicyclic) bond motifs is 1. The average molecular weight is 297 g/mol. The van der Waals surface area contributed by atoms with E-state index in [9.17, 15) is 9.18 Å². The third-order valence-corrected chi connectivity index (χ3v) is 3.43. The van der Waals surface area contributed by atoms with Crippen LogP contribution >= 0.6 is 11.6 Å². The Bertz CT molecular complexity index is 511. The topological polar surface area (TPSA) is 33.2 Å². The molecule has 1 aromatic rings. The molecule has 1 unspecified atom stereocenters. The first-order chi connectivity index (χ1) is 9.47. The number of carbonyl (C=O) groups excluding carboxylic acids is 1. The third-order valence-electron chi connectivity index (χ3n) is 3.24. The first-order valence-corrected chi connectivity index (χ1v) is 7.15. The van der Waals surface area contributed by atoms with Gasteiger partial charge in [0.2, 0.25) is 0 Å². The normalized spacial score (nSPS) is 17.2. The van der Waals surface area contributed by atoms with E-state index >= 15 is 0 Å². The highest BCUT2D eigenvalue weighted by Crippen LogP contribution is 2.25. The van der Waals surface area contributed by atoms with Crippen molar-refractivity contribution in [2.75, 3.05) is 11.4 Å². The van der Waals surface area contributed by atoms with Crippen LogP contribution in [0.15, 0.2) is 30.5 Å². The van der Waals surface area contributed by atoms with Crippen LogP contribution in [-0.4, -0.2) is 22.6 Å². The van der Waals surface area contributed by atoms with Crippen LogP contribution < -0.4 is 4.90 Å². The van der Waals surface area contributed by atoms with E-state index in [0.717, 1.165) is 17.8 Å². The first kappa shape index (κ1) is 15.0. The van der Waals surface area contributed by atoms with Crippen LogP contribution in [0.5, 0.6) is 0 Å². The van der Waals surface area contributed by atoms with E-state index in [2.05, 4.69) is 4.98 Å². The molecule has 0 radical (unpaired) electrons. The fourth-order valence-electron chi connectivity index (χ4n) is 2.23. The second kappa shape index (κ2) is 6.35. The van der Waals surface area contributed by atoms with Gasteiger partial charge in [0.15, 0.2) is 5.13 Å². The molecule has 5 heteroatoms. The molecule has 3 nitrogen and oxygen atoms in total. The van der Waals surface area contributed by atoms with Crippen molar-refractivity contribution in [2.24, 2.45) is 0 Å². The number of pyridine rings is 1. The van der Waals surface area contributed by atoms with Gasteiger partial charge in [0.25, 0.3) is 5.91 Å². The maximum Gasteiger partial charge on any atom is 0.251 e. The fraction of sp³-hybridized carbons (Fsp3) is 0.467. The number of hydrogen-bond acceptors (Lipinski definition) is 2. The molecule has 1 atom stereocenters. The van der Waals surface area contributed by atoms with Gasteiger partial charge in [0.1, 0.15) is 5.82 Å². The van der Waals surface area contributed by atoms with Gasteiger partial charge in [0, 0.05) is 12.7 Å². The summed E-state index contributed by atoms with van der Waals surface area (Å²) in [6, 6.07) is 3.87. The number of aromatic nitrogens is 1. The van der Waals surface area contributed by atoms with Crippen molar-refractivity contribution >= 4 is 23.3 Å². The Kier molecular flexibility index (Phi) is 4.76. The summed E-state index contributed by atoms with van der Waals surface area (Å²) in [7, 11) is 0. The minimum Gasteiger partial charge on any atom is -0.293 e. The number of rotatable bonds is 5. The average Bonchev–Trinajstić information content (AvgIpc) is 2.80. The predicted molar refractivity (Wildman–Crippen MR) is 78.7 cm³/mol. The summed E-state index contributed by atoms with van der Waals surface area (Å²) in [5, 5.41) is -1.66. The highest BCUT2D eigenvalue weighted by Gasteiger charge is 2.23. The van der Waals surface area contributed by atoms with Crippen LogP contribution in [-0.2, 0) is 11.2 Å². The van der Waals surface area contributed by atoms with Gasteiger partial charge in [-0.05, 0) is 50.3 Å². The molecule has 1 aromatic heterocycles. The molecule has 1 aliphatic rings. The number of anilines is 1. The molecule has 0 saturated heterocycles. The van der Waals surface area contributed by atoms with Gasteiger partial charge in [-0.3, -0.25) is 9.69 Å². The number of halogens is 2. The Morgan fingerprint density at radius 3 is 3.20 bits per heavy atom. The van der Waals surface area contributed by atoms with Gasteiger partial charge in [-0.25, -0.2) is 9.37 Å². The molecule has 0 aromatic carbocycles. The van der Waals surface area contributed by atoms with Crippen LogP contribution in [0.4, 0.5) is 10.2 Å². The first-order valence-electron chi connectivity index (χ1n) is 6.77. The molecule has 1 amide bonds. The van der Waals surface area contributed by atoms with E-state index < -0.39 is 5.13 Å². The Balaban J connectivity index is 1.84. The molecular formula is C15H18ClFN2O. The quantitative estimate of drug-likeness (QED) is 0.472. The fourth-order valence-corrected chi connectivity index (χ4v) is 2.36. The van der Waals surface area contributed by atoms with Gasteiger partial charge >= 0.3 is 0 Å². The summed E-state index contributed by atoms with van der Waals surface area (Å²) in [6.07, 6.45) is 7.38. The smallest absolute Gasteiger partial charge is 0.251 e. The van der Waals surface area contributed by atoms with E-state index in [0.29, 0.717) is 19.4 Å². The van der Waals surface area contributed by atoms with Crippen LogP contribution in [0.3, 0.4) is 0 Å². The largest absolute Gasteiger partial charge is 0.293 e. The minimum absolute atomic E-state index is 0.0728. The standard InChI is InChI=1S/C15H18ClFN2O/c1-15(16,17)9-4-2-3-7-13(20)19-11-8-12-6-5-10-18-14(12)19/h3,5-7,10H,2,4,8-9,11H2,1H3/b7-3+. The molecule has 20 heavy (non-hydrogen) atoms. The minimum atomic E-state index is -1.66. The zero-order valence-electron chi connectivity index (χ0n) is 11.5. The second-order valence-electron chi connectivity index (χ2n) is 5.09. The van der Waals surface area contributed by atoms with Crippen molar-refractivity contribution in [3.63, 3.8) is 0 Å². The van der Waals surface area contributed by atoms with Crippen molar-refractivity contribution < 1.29 is 9.18 Å². The second-order valence-corrected chi connectivity index (χ2v) is 5.88. The van der Waals surface area contributed by atoms with E-state index in [4.69, 9.17) is 11.6 Å². The third kappa shape index (κ3) is 4.04. The maximum absolute atomic E-state index is 13.0. The number of carbonyl (C=O) groups is 1. The lowest BCUT2D eigenvalue weighted by Crippen LogP contribution is -2.27. The molecule has 0 fully saturated rings. The van der Waals surface area contributed by atoms with E-state index in [-0.39, 0.29) is 12.3 Å². The molecule has 2 rings (SSSR count). The Morgan fingerprint density at radius 1 is 1.65 bits per heavy atom. The lowest BCUT2D eigenvalue weighted by atomic mass is 10.2. The maximum atomic E-state index is 13.0. The SMILES string of the molecule is CC(F)(Cl)CCC/C=C/C(=O)N1CCc2cccnc21. The zero-order valence-corrected chi connectivity index (χ0v) is 12.2. The molecule has 2 heterocycles. The van der Waals surface area contributed by atoms with E-state index in [1.165, 1.54) is 13.0 Å². The zero-order chi connectivity index (χ0) is 14.6. The summed E-state index contributed by atoms with van der Waals surface area (Å²) in [6.45, 7) is 2.01. The Hall–Kier alpha value is -1.42. The van der Waals surface area contributed by atoms with Crippen molar-refractivity contribution in [1.82, 2.24) is 4.98 Å². The van der Waals surface area contributed by atoms with Crippen molar-refractivity contribution in [3.05, 3.63) is 36.0 Å². The van der Waals surface area contributed by atoms with E-state index in [1.807, 2.05) is 12.1 Å². The van der Waals surface area contributed by atoms with E-state index in [1.54, 1.807) is 17.2 Å². The van der Waals surface area contributed by atoms with Gasteiger partial charge in [-0.15, -0.1) is 0 Å². The number of hydrogen-bond donors (Lipinski definition) is 0. The Labute approximate surface area is 123 Å². The number of amides is 1. The lowest BCUT2D eigenvalue weighted by Gasteiger charge is -2.13. The Morgan fingerprint density at radius 2 is 2.45 bits per heavy atom. The van der Waals surface area contributed by atoms with Gasteiger partial charge in [0.05, 0.1) is 0 Å². The molecule has 0 bridgehead atoms. The summed E-state index contributed by atoms with van der Waals surface area (Å²) >= 11 is 5.46. The highest BCUT2D eigenvalue weighted by atomic mass is 35.5. The van der Waals surface area contributed by atoms with Crippen LogP contribution in [0.2, 0.25) is 0 Å². The monoisotopic (exact) mass is 296 g/mol. The van der Waals surface area contributed by atoms with Crippen molar-refractivity contribution in [1.29, 1.82) is 0 Å². The van der Waals surface area contributed by atoms with Gasteiger partial charge in [-0.1, -0.05) is 23.7 Å². The van der Waals surface area contributed by atoms with Crippen molar-refractivity contribution in [3.8, 4) is 0 Å². The summed E-state index contributed by atoms with van der Waals surface area (Å²) in [5.74, 6) is 0.676. The molecule has 0 saturated carbocycles. The molecule has 0 spiro atoms. The summed E-state index contributed by atoms with van der Waals surface area (Å²) in [5.41, 5.74) is 1.10. The van der Waals surface area contributed by atoms with Crippen LogP contribution in [0, 0.1) is 0 Å². The summed E-state index contributed by atoms with van der Waals surface area (Å²) in [4.78, 5) is 18.0. The predicted octanol–water partition coefficient (Wildman–Crippen LogP) is 3.62. The van der Waals surface area contributed by atoms with Gasteiger partial charge < -0.3 is 0 Å². The van der Waals surface area contributed by atoms with Crippen LogP contribution in [0.25, 0.3) is 0 Å². The number of nitrogens with zero attached hydrogens (tertiary/aromatic N) is 2. The van der Waals surface area contributed by atoms with Crippen LogP contribution in [0.1, 0.15) is 31.7 Å². The number of alkyl halides is 2. The molecular weight excluding hydrogens is 279 g/mol. The lowest BCUT2D eigenvalue weighted by molar-refractivity contribution is -0.114. The van der Waals surface area contributed by atoms with Gasteiger partial charge in [-0.2, -0.15) is 0 Å². The molecule has 0 aliphatic carbocycles. The molecule has 108 valence electrons. The highest BCUT2D eigenvalue weighted by molar-refractivity contribution is 6.22. The number of allylic oxidation sites excluding steroid dienone is 1. The van der Waals surface area contributed by atoms with Crippen molar-refractivity contribution in [2.45, 2.75) is 37.7 Å². The molecule has 0 N–H and O–H groups in total. The molecule has 1 aliphatic heterocycles.